The molecule has 3 aliphatic rings. The first-order valence-electron chi connectivity index (χ1n) is 14.3. The number of alkyl halides is 3. The molecular weight excluding hydrogens is 594 g/mol. The molecule has 0 saturated heterocycles. The van der Waals surface area contributed by atoms with Gasteiger partial charge in [0.05, 0.1) is 40.0 Å². The van der Waals surface area contributed by atoms with Crippen molar-refractivity contribution in [1.29, 1.82) is 0 Å². The van der Waals surface area contributed by atoms with Crippen LogP contribution in [0, 0.1) is 30.1 Å². The maximum absolute atomic E-state index is 14.6. The highest BCUT2D eigenvalue weighted by Gasteiger charge is 2.63. The zero-order valence-corrected chi connectivity index (χ0v) is 25.2. The average molecular weight is 629 g/mol. The van der Waals surface area contributed by atoms with Crippen molar-refractivity contribution in [3.05, 3.63) is 50.8 Å². The van der Waals surface area contributed by atoms with Gasteiger partial charge in [-0.3, -0.25) is 19.1 Å². The van der Waals surface area contributed by atoms with Gasteiger partial charge in [0.1, 0.15) is 0 Å². The Hall–Kier alpha value is -2.59. The van der Waals surface area contributed by atoms with Crippen LogP contribution in [-0.2, 0) is 11.0 Å². The summed E-state index contributed by atoms with van der Waals surface area (Å²) in [5, 5.41) is 13.4. The second-order valence-corrected chi connectivity index (χ2v) is 13.6. The fourth-order valence-electron chi connectivity index (χ4n) is 7.37. The maximum Gasteiger partial charge on any atom is 0.433 e. The van der Waals surface area contributed by atoms with Crippen LogP contribution >= 0.6 is 23.2 Å². The molecular formula is C30H34Cl2F3N3O4. The first kappa shape index (κ1) is 30.9. The molecule has 42 heavy (non-hydrogen) atoms. The number of benzene rings is 1. The van der Waals surface area contributed by atoms with Crippen molar-refractivity contribution >= 4 is 40.9 Å². The van der Waals surface area contributed by atoms with E-state index in [-0.39, 0.29) is 33.4 Å². The number of aryl methyl sites for hydroxylation is 1. The molecule has 12 heteroatoms. The number of hydrogen-bond acceptors (Lipinski definition) is 4. The van der Waals surface area contributed by atoms with E-state index in [0.717, 1.165) is 16.4 Å². The molecule has 3 fully saturated rings. The number of halogens is 5. The molecule has 1 amide bonds. The van der Waals surface area contributed by atoms with E-state index >= 15 is 0 Å². The highest BCUT2D eigenvalue weighted by atomic mass is 35.5. The van der Waals surface area contributed by atoms with Crippen molar-refractivity contribution in [3.63, 3.8) is 0 Å². The van der Waals surface area contributed by atoms with Crippen LogP contribution in [0.2, 0.25) is 10.0 Å². The largest absolute Gasteiger partial charge is 0.481 e. The molecule has 1 heterocycles. The molecule has 0 aliphatic heterocycles. The number of nitrogens with zero attached hydrogens (tertiary/aromatic N) is 3. The lowest BCUT2D eigenvalue weighted by molar-refractivity contribution is -0.145. The predicted molar refractivity (Wildman–Crippen MR) is 151 cm³/mol. The summed E-state index contributed by atoms with van der Waals surface area (Å²) in [6.45, 7) is 5.58. The summed E-state index contributed by atoms with van der Waals surface area (Å²) in [5.74, 6) is -1.83. The van der Waals surface area contributed by atoms with Gasteiger partial charge >= 0.3 is 12.1 Å². The number of carbonyl (C=O) groups is 3. The highest BCUT2D eigenvalue weighted by Crippen LogP contribution is 2.67. The smallest absolute Gasteiger partial charge is 0.433 e. The standard InChI is InChI=1S/C30H34Cl2F3N3O4/c1-15-8-22(31)26(23(32)9-15)24(39)14-37(18-11-20-21(12-18)29(20,2)3)28(42)19-13-36-38(27(19)30(33,34)35)17-6-4-16(5-7-17)10-25(40)41/h8-9,13,16-18,20-21H,4-7,10-12,14H2,1-3H3,(H,40,41)/t16?,17?,18?,20-,21+. The molecule has 5 rings (SSSR count). The Labute approximate surface area is 252 Å². The van der Waals surface area contributed by atoms with Crippen LogP contribution in [0.4, 0.5) is 13.2 Å². The van der Waals surface area contributed by atoms with E-state index in [1.807, 2.05) is 0 Å². The number of aromatic nitrogens is 2. The Morgan fingerprint density at radius 2 is 1.64 bits per heavy atom. The van der Waals surface area contributed by atoms with Crippen molar-refractivity contribution in [2.45, 2.75) is 84.0 Å². The molecule has 3 atom stereocenters. The number of hydrogen-bond donors (Lipinski definition) is 1. The van der Waals surface area contributed by atoms with Gasteiger partial charge in [0.25, 0.3) is 5.91 Å². The summed E-state index contributed by atoms with van der Waals surface area (Å²) >= 11 is 12.7. The number of carboxylic acid groups (broad SMARTS) is 1. The summed E-state index contributed by atoms with van der Waals surface area (Å²) in [6, 6.07) is 2.13. The Balaban J connectivity index is 1.46. The van der Waals surface area contributed by atoms with Gasteiger partial charge in [0, 0.05) is 12.5 Å². The van der Waals surface area contributed by atoms with Crippen molar-refractivity contribution in [2.24, 2.45) is 23.2 Å². The number of fused-ring (bicyclic) bond motifs is 1. The van der Waals surface area contributed by atoms with E-state index in [1.54, 1.807) is 19.1 Å². The minimum Gasteiger partial charge on any atom is -0.481 e. The van der Waals surface area contributed by atoms with E-state index in [1.165, 1.54) is 4.90 Å². The van der Waals surface area contributed by atoms with Crippen LogP contribution in [0.5, 0.6) is 0 Å². The zero-order chi connectivity index (χ0) is 30.7. The third kappa shape index (κ3) is 5.81. The number of Topliss-reactive ketones (excluding diaryl/α,β-unsaturated/α-hetero) is 1. The molecule has 3 aliphatic carbocycles. The Bertz CT molecular complexity index is 1380. The normalized spacial score (nSPS) is 26.5. The highest BCUT2D eigenvalue weighted by molar-refractivity contribution is 6.40. The molecule has 1 N–H and O–H groups in total. The van der Waals surface area contributed by atoms with Gasteiger partial charge in [0.15, 0.2) is 11.5 Å². The topological polar surface area (TPSA) is 92.5 Å². The predicted octanol–water partition coefficient (Wildman–Crippen LogP) is 7.48. The summed E-state index contributed by atoms with van der Waals surface area (Å²) in [5.41, 5.74) is -0.854. The van der Waals surface area contributed by atoms with Gasteiger partial charge in [-0.25, -0.2) is 0 Å². The Morgan fingerprint density at radius 3 is 2.17 bits per heavy atom. The molecule has 228 valence electrons. The zero-order valence-electron chi connectivity index (χ0n) is 23.7. The quantitative estimate of drug-likeness (QED) is 0.306. The Kier molecular flexibility index (Phi) is 8.20. The fourth-order valence-corrected chi connectivity index (χ4v) is 8.18. The summed E-state index contributed by atoms with van der Waals surface area (Å²) in [7, 11) is 0. The van der Waals surface area contributed by atoms with Crippen molar-refractivity contribution in [3.8, 4) is 0 Å². The number of carbonyl (C=O) groups excluding carboxylic acids is 2. The molecule has 3 saturated carbocycles. The van der Waals surface area contributed by atoms with E-state index in [9.17, 15) is 27.6 Å². The van der Waals surface area contributed by atoms with Crippen LogP contribution in [-0.4, -0.2) is 50.0 Å². The van der Waals surface area contributed by atoms with E-state index in [4.69, 9.17) is 28.3 Å². The van der Waals surface area contributed by atoms with E-state index in [0.29, 0.717) is 50.4 Å². The molecule has 1 unspecified atom stereocenters. The number of carboxylic acids is 1. The second kappa shape index (κ2) is 11.2. The van der Waals surface area contributed by atoms with Crippen molar-refractivity contribution in [1.82, 2.24) is 14.7 Å². The van der Waals surface area contributed by atoms with Gasteiger partial charge in [-0.15, -0.1) is 0 Å². The first-order valence-corrected chi connectivity index (χ1v) is 15.0. The summed E-state index contributed by atoms with van der Waals surface area (Å²) in [6.07, 6.45) is -1.21. The van der Waals surface area contributed by atoms with Gasteiger partial charge in [0.2, 0.25) is 0 Å². The summed E-state index contributed by atoms with van der Waals surface area (Å²) < 4.78 is 44.6. The van der Waals surface area contributed by atoms with Crippen LogP contribution in [0.3, 0.4) is 0 Å². The average Bonchev–Trinajstić information content (AvgIpc) is 3.30. The molecule has 1 aromatic carbocycles. The molecule has 1 aromatic heterocycles. The minimum atomic E-state index is -4.88. The van der Waals surface area contributed by atoms with E-state index < -0.39 is 53.7 Å². The lowest BCUT2D eigenvalue weighted by Crippen LogP contribution is -2.44. The fraction of sp³-hybridized carbons (Fsp3) is 0.600. The Morgan fingerprint density at radius 1 is 1.07 bits per heavy atom. The molecule has 2 aromatic rings. The number of rotatable bonds is 8. The van der Waals surface area contributed by atoms with Crippen LogP contribution in [0.15, 0.2) is 18.3 Å². The lowest BCUT2D eigenvalue weighted by Gasteiger charge is -2.32. The monoisotopic (exact) mass is 627 g/mol. The van der Waals surface area contributed by atoms with Gasteiger partial charge < -0.3 is 10.0 Å². The first-order chi connectivity index (χ1) is 19.6. The van der Waals surface area contributed by atoms with Gasteiger partial charge in [-0.2, -0.15) is 18.3 Å². The summed E-state index contributed by atoms with van der Waals surface area (Å²) in [4.78, 5) is 39.9. The molecule has 0 spiro atoms. The van der Waals surface area contributed by atoms with Crippen LogP contribution in [0.25, 0.3) is 0 Å². The number of ketones is 1. The van der Waals surface area contributed by atoms with Crippen molar-refractivity contribution < 1.29 is 32.7 Å². The molecule has 0 bridgehead atoms. The lowest BCUT2D eigenvalue weighted by atomic mass is 9.84. The van der Waals surface area contributed by atoms with Crippen LogP contribution in [0.1, 0.15) is 96.8 Å². The molecule has 0 radical (unpaired) electrons. The SMILES string of the molecule is Cc1cc(Cl)c(C(=O)CN(C(=O)c2cnn(C3CCC(CC(=O)O)CC3)c2C(F)(F)F)C2C[C@@H]3[C@H](C2)C3(C)C)c(Cl)c1. The van der Waals surface area contributed by atoms with Gasteiger partial charge in [-0.1, -0.05) is 37.0 Å². The minimum absolute atomic E-state index is 0.0279. The third-order valence-electron chi connectivity index (χ3n) is 9.74. The molecule has 7 nitrogen and oxygen atoms in total. The van der Waals surface area contributed by atoms with Gasteiger partial charge in [-0.05, 0) is 86.3 Å². The number of aliphatic carboxylic acids is 1. The van der Waals surface area contributed by atoms with Crippen LogP contribution < -0.4 is 0 Å². The second-order valence-electron chi connectivity index (χ2n) is 12.7. The van der Waals surface area contributed by atoms with E-state index in [2.05, 4.69) is 18.9 Å². The third-order valence-corrected chi connectivity index (χ3v) is 10.3. The number of amides is 1. The maximum atomic E-state index is 14.6. The van der Waals surface area contributed by atoms with Crippen molar-refractivity contribution in [2.75, 3.05) is 6.54 Å².